The first-order valence-electron chi connectivity index (χ1n) is 5.19. The molecule has 1 amide bonds. The van der Waals surface area contributed by atoms with Gasteiger partial charge in [-0.25, -0.2) is 0 Å². The molecule has 2 heteroatoms. The largest absolute Gasteiger partial charge is 0.350 e. The number of carbonyl (C=O) groups excluding carboxylic acids is 1. The average molecular weight is 181 g/mol. The Balaban J connectivity index is 2.24. The van der Waals surface area contributed by atoms with Crippen molar-refractivity contribution in [3.05, 3.63) is 12.7 Å². The molecule has 1 aliphatic rings. The summed E-state index contributed by atoms with van der Waals surface area (Å²) >= 11 is 0. The zero-order chi connectivity index (χ0) is 9.68. The summed E-state index contributed by atoms with van der Waals surface area (Å²) in [4.78, 5) is 11.0. The van der Waals surface area contributed by atoms with Crippen molar-refractivity contribution in [2.24, 2.45) is 5.92 Å². The molecule has 0 aromatic carbocycles. The van der Waals surface area contributed by atoms with Gasteiger partial charge in [0, 0.05) is 6.04 Å². The Morgan fingerprint density at radius 3 is 2.54 bits per heavy atom. The van der Waals surface area contributed by atoms with E-state index in [1.807, 2.05) is 0 Å². The van der Waals surface area contributed by atoms with Crippen LogP contribution in [0.4, 0.5) is 0 Å². The molecule has 1 fully saturated rings. The van der Waals surface area contributed by atoms with E-state index in [0.29, 0.717) is 6.04 Å². The summed E-state index contributed by atoms with van der Waals surface area (Å²) in [6.45, 7) is 5.69. The molecule has 0 bridgehead atoms. The molecule has 0 atom stereocenters. The van der Waals surface area contributed by atoms with E-state index in [1.165, 1.54) is 25.3 Å². The molecule has 0 saturated heterocycles. The topological polar surface area (TPSA) is 29.1 Å². The van der Waals surface area contributed by atoms with Crippen LogP contribution in [0.3, 0.4) is 0 Å². The maximum absolute atomic E-state index is 11.0. The monoisotopic (exact) mass is 181 g/mol. The molecule has 0 radical (unpaired) electrons. The summed E-state index contributed by atoms with van der Waals surface area (Å²) in [5, 5.41) is 2.96. The first-order chi connectivity index (χ1) is 6.26. The second-order valence-electron chi connectivity index (χ2n) is 3.84. The lowest BCUT2D eigenvalue weighted by Crippen LogP contribution is -2.36. The van der Waals surface area contributed by atoms with Crippen LogP contribution in [0.5, 0.6) is 0 Å². The highest BCUT2D eigenvalue weighted by Gasteiger charge is 2.20. The minimum Gasteiger partial charge on any atom is -0.350 e. The van der Waals surface area contributed by atoms with Crippen molar-refractivity contribution in [2.45, 2.75) is 45.1 Å². The predicted octanol–water partition coefficient (Wildman–Crippen LogP) is 2.26. The highest BCUT2D eigenvalue weighted by molar-refractivity contribution is 5.87. The number of hydrogen-bond donors (Lipinski definition) is 1. The fourth-order valence-corrected chi connectivity index (χ4v) is 1.98. The molecular formula is C11H19NO. The lowest BCUT2D eigenvalue weighted by atomic mass is 9.84. The van der Waals surface area contributed by atoms with Crippen LogP contribution >= 0.6 is 0 Å². The third-order valence-electron chi connectivity index (χ3n) is 2.96. The van der Waals surface area contributed by atoms with Gasteiger partial charge in [0.15, 0.2) is 0 Å². The van der Waals surface area contributed by atoms with Crippen LogP contribution in [0.25, 0.3) is 0 Å². The second kappa shape index (κ2) is 5.05. The maximum Gasteiger partial charge on any atom is 0.243 e. The average Bonchev–Trinajstić information content (AvgIpc) is 2.19. The van der Waals surface area contributed by atoms with Gasteiger partial charge in [-0.05, 0) is 37.7 Å². The van der Waals surface area contributed by atoms with E-state index in [4.69, 9.17) is 0 Å². The van der Waals surface area contributed by atoms with Crippen LogP contribution in [0, 0.1) is 5.92 Å². The van der Waals surface area contributed by atoms with Gasteiger partial charge in [-0.1, -0.05) is 19.9 Å². The number of amides is 1. The summed E-state index contributed by atoms with van der Waals surface area (Å²) in [5.74, 6) is 0.858. The van der Waals surface area contributed by atoms with Gasteiger partial charge in [-0.3, -0.25) is 4.79 Å². The molecule has 0 unspecified atom stereocenters. The first-order valence-corrected chi connectivity index (χ1v) is 5.19. The van der Waals surface area contributed by atoms with Crippen molar-refractivity contribution < 1.29 is 4.79 Å². The minimum absolute atomic E-state index is 0.0278. The predicted molar refractivity (Wildman–Crippen MR) is 54.4 cm³/mol. The molecule has 0 aliphatic heterocycles. The van der Waals surface area contributed by atoms with E-state index in [2.05, 4.69) is 18.8 Å². The van der Waals surface area contributed by atoms with Crippen molar-refractivity contribution in [3.63, 3.8) is 0 Å². The van der Waals surface area contributed by atoms with Crippen molar-refractivity contribution in [1.82, 2.24) is 5.32 Å². The zero-order valence-electron chi connectivity index (χ0n) is 8.38. The molecule has 13 heavy (non-hydrogen) atoms. The highest BCUT2D eigenvalue weighted by atomic mass is 16.1. The normalized spacial score (nSPS) is 28.1. The lowest BCUT2D eigenvalue weighted by Gasteiger charge is -2.27. The van der Waals surface area contributed by atoms with Gasteiger partial charge in [0.1, 0.15) is 0 Å². The fraction of sp³-hybridized carbons (Fsp3) is 0.727. The van der Waals surface area contributed by atoms with E-state index < -0.39 is 0 Å². The van der Waals surface area contributed by atoms with Gasteiger partial charge in [-0.2, -0.15) is 0 Å². The van der Waals surface area contributed by atoms with Gasteiger partial charge in [0.25, 0.3) is 0 Å². The lowest BCUT2D eigenvalue weighted by molar-refractivity contribution is -0.117. The van der Waals surface area contributed by atoms with E-state index in [-0.39, 0.29) is 5.91 Å². The third-order valence-corrected chi connectivity index (χ3v) is 2.96. The molecule has 0 aromatic heterocycles. The molecule has 2 nitrogen and oxygen atoms in total. The first kappa shape index (κ1) is 10.3. The highest BCUT2D eigenvalue weighted by Crippen LogP contribution is 2.26. The van der Waals surface area contributed by atoms with Crippen molar-refractivity contribution >= 4 is 5.91 Å². The molecule has 0 heterocycles. The zero-order valence-corrected chi connectivity index (χ0v) is 8.38. The van der Waals surface area contributed by atoms with Crippen molar-refractivity contribution in [2.75, 3.05) is 0 Å². The van der Waals surface area contributed by atoms with E-state index in [1.54, 1.807) is 0 Å². The molecule has 74 valence electrons. The standard InChI is InChI=1S/C11H19NO/c1-3-9-5-7-10(8-6-9)12-11(13)4-2/h4,9-10H,2-3,5-8H2,1H3,(H,12,13)/t9-,10-. The Hall–Kier alpha value is -0.790. The summed E-state index contributed by atoms with van der Waals surface area (Å²) in [6.07, 6.45) is 7.43. The quantitative estimate of drug-likeness (QED) is 0.665. The number of carbonyl (C=O) groups is 1. The number of nitrogens with one attached hydrogen (secondary N) is 1. The molecule has 1 saturated carbocycles. The van der Waals surface area contributed by atoms with Crippen LogP contribution in [0.15, 0.2) is 12.7 Å². The summed E-state index contributed by atoms with van der Waals surface area (Å²) in [7, 11) is 0. The maximum atomic E-state index is 11.0. The third kappa shape index (κ3) is 3.21. The smallest absolute Gasteiger partial charge is 0.243 e. The summed E-state index contributed by atoms with van der Waals surface area (Å²) < 4.78 is 0. The molecule has 0 spiro atoms. The van der Waals surface area contributed by atoms with Crippen molar-refractivity contribution in [3.8, 4) is 0 Å². The van der Waals surface area contributed by atoms with Gasteiger partial charge in [0.05, 0.1) is 0 Å². The Morgan fingerprint density at radius 1 is 1.46 bits per heavy atom. The van der Waals surface area contributed by atoms with E-state index in [9.17, 15) is 4.79 Å². The van der Waals surface area contributed by atoms with Gasteiger partial charge >= 0.3 is 0 Å². The number of rotatable bonds is 3. The van der Waals surface area contributed by atoms with Crippen LogP contribution in [-0.4, -0.2) is 11.9 Å². The number of hydrogen-bond acceptors (Lipinski definition) is 1. The second-order valence-corrected chi connectivity index (χ2v) is 3.84. The van der Waals surface area contributed by atoms with Gasteiger partial charge in [-0.15, -0.1) is 0 Å². The van der Waals surface area contributed by atoms with E-state index in [0.717, 1.165) is 18.8 Å². The summed E-state index contributed by atoms with van der Waals surface area (Å²) in [5.41, 5.74) is 0. The van der Waals surface area contributed by atoms with Crippen molar-refractivity contribution in [1.29, 1.82) is 0 Å². The molecular weight excluding hydrogens is 162 g/mol. The molecule has 1 N–H and O–H groups in total. The summed E-state index contributed by atoms with van der Waals surface area (Å²) in [6, 6.07) is 0.397. The molecule has 1 aliphatic carbocycles. The van der Waals surface area contributed by atoms with Gasteiger partial charge in [0.2, 0.25) is 5.91 Å². The van der Waals surface area contributed by atoms with Crippen LogP contribution in [0.1, 0.15) is 39.0 Å². The van der Waals surface area contributed by atoms with Crippen LogP contribution < -0.4 is 5.32 Å². The van der Waals surface area contributed by atoms with Crippen LogP contribution in [0.2, 0.25) is 0 Å². The Kier molecular flexibility index (Phi) is 4.00. The Bertz CT molecular complexity index is 181. The molecule has 1 rings (SSSR count). The Labute approximate surface area is 80.4 Å². The fourth-order valence-electron chi connectivity index (χ4n) is 1.98. The van der Waals surface area contributed by atoms with E-state index >= 15 is 0 Å². The molecule has 0 aromatic rings. The Morgan fingerprint density at radius 2 is 2.08 bits per heavy atom. The van der Waals surface area contributed by atoms with Gasteiger partial charge < -0.3 is 5.32 Å². The van der Waals surface area contributed by atoms with Crippen LogP contribution in [-0.2, 0) is 4.79 Å². The SMILES string of the molecule is C=CC(=O)N[C@H]1CC[C@H](CC)CC1. The minimum atomic E-state index is -0.0278.